The summed E-state index contributed by atoms with van der Waals surface area (Å²) in [5, 5.41) is 0. The Hall–Kier alpha value is -1.39. The number of nitrogens with zero attached hydrogens (tertiary/aromatic N) is 2. The standard InChI is InChI=1S/C16H25N3O/c1-13(2)18-9-11-19(12-10-18)16(20)15-6-4-3-5-14(15)7-8-17/h3-6,13H,7-12,17H2,1-2H3. The Balaban J connectivity index is 2.05. The first-order chi connectivity index (χ1) is 9.63. The lowest BCUT2D eigenvalue weighted by Crippen LogP contribution is -2.50. The van der Waals surface area contributed by atoms with Crippen molar-refractivity contribution in [1.82, 2.24) is 9.80 Å². The van der Waals surface area contributed by atoms with Crippen LogP contribution in [0, 0.1) is 0 Å². The van der Waals surface area contributed by atoms with Crippen molar-refractivity contribution in [3.05, 3.63) is 35.4 Å². The fourth-order valence-electron chi connectivity index (χ4n) is 2.71. The maximum atomic E-state index is 12.6. The van der Waals surface area contributed by atoms with Gasteiger partial charge in [-0.15, -0.1) is 0 Å². The largest absolute Gasteiger partial charge is 0.336 e. The Morgan fingerprint density at radius 3 is 2.45 bits per heavy atom. The van der Waals surface area contributed by atoms with E-state index in [0.29, 0.717) is 12.6 Å². The number of rotatable bonds is 4. The Morgan fingerprint density at radius 1 is 1.20 bits per heavy atom. The zero-order chi connectivity index (χ0) is 14.5. The summed E-state index contributed by atoms with van der Waals surface area (Å²) in [5.41, 5.74) is 7.51. The van der Waals surface area contributed by atoms with Crippen LogP contribution in [0.15, 0.2) is 24.3 Å². The van der Waals surface area contributed by atoms with Crippen LogP contribution >= 0.6 is 0 Å². The van der Waals surface area contributed by atoms with Crippen molar-refractivity contribution in [3.8, 4) is 0 Å². The van der Waals surface area contributed by atoms with Crippen molar-refractivity contribution in [2.75, 3.05) is 32.7 Å². The molecule has 0 spiro atoms. The van der Waals surface area contributed by atoms with Crippen molar-refractivity contribution in [2.45, 2.75) is 26.3 Å². The van der Waals surface area contributed by atoms with Crippen LogP contribution in [0.25, 0.3) is 0 Å². The molecule has 4 nitrogen and oxygen atoms in total. The van der Waals surface area contributed by atoms with Crippen molar-refractivity contribution < 1.29 is 4.79 Å². The molecule has 1 saturated heterocycles. The van der Waals surface area contributed by atoms with Gasteiger partial charge in [-0.2, -0.15) is 0 Å². The average molecular weight is 275 g/mol. The molecule has 1 aromatic rings. The minimum atomic E-state index is 0.150. The van der Waals surface area contributed by atoms with Gasteiger partial charge in [0.25, 0.3) is 5.91 Å². The van der Waals surface area contributed by atoms with Gasteiger partial charge in [0.15, 0.2) is 0 Å². The fraction of sp³-hybridized carbons (Fsp3) is 0.562. The Labute approximate surface area is 121 Å². The van der Waals surface area contributed by atoms with Crippen LogP contribution in [0.4, 0.5) is 0 Å². The molecule has 0 saturated carbocycles. The molecule has 1 aromatic carbocycles. The maximum absolute atomic E-state index is 12.6. The SMILES string of the molecule is CC(C)N1CCN(C(=O)c2ccccc2CCN)CC1. The topological polar surface area (TPSA) is 49.6 Å². The second kappa shape index (κ2) is 6.86. The molecule has 20 heavy (non-hydrogen) atoms. The number of hydrogen-bond donors (Lipinski definition) is 1. The Bertz CT molecular complexity index is 451. The fourth-order valence-corrected chi connectivity index (χ4v) is 2.71. The van der Waals surface area contributed by atoms with Crippen molar-refractivity contribution in [1.29, 1.82) is 0 Å². The summed E-state index contributed by atoms with van der Waals surface area (Å²) in [4.78, 5) is 17.0. The highest BCUT2D eigenvalue weighted by molar-refractivity contribution is 5.95. The van der Waals surface area contributed by atoms with Crippen LogP contribution in [0.1, 0.15) is 29.8 Å². The van der Waals surface area contributed by atoms with E-state index in [1.54, 1.807) is 0 Å². The minimum absolute atomic E-state index is 0.150. The lowest BCUT2D eigenvalue weighted by molar-refractivity contribution is 0.0594. The quantitative estimate of drug-likeness (QED) is 0.902. The first-order valence-electron chi connectivity index (χ1n) is 7.44. The monoisotopic (exact) mass is 275 g/mol. The number of carbonyl (C=O) groups is 1. The van der Waals surface area contributed by atoms with Gasteiger partial charge < -0.3 is 10.6 Å². The van der Waals surface area contributed by atoms with Gasteiger partial charge in [0, 0.05) is 37.8 Å². The molecule has 2 rings (SSSR count). The molecule has 1 amide bonds. The van der Waals surface area contributed by atoms with Crippen LogP contribution in [-0.2, 0) is 6.42 Å². The molecule has 0 unspecified atom stereocenters. The van der Waals surface area contributed by atoms with Gasteiger partial charge in [0.1, 0.15) is 0 Å². The third-order valence-electron chi connectivity index (χ3n) is 3.99. The third kappa shape index (κ3) is 3.38. The normalized spacial score (nSPS) is 16.7. The van der Waals surface area contributed by atoms with Crippen LogP contribution in [0.5, 0.6) is 0 Å². The van der Waals surface area contributed by atoms with Gasteiger partial charge in [0.2, 0.25) is 0 Å². The first kappa shape index (κ1) is 15.0. The predicted octanol–water partition coefficient (Wildman–Crippen LogP) is 1.35. The molecule has 110 valence electrons. The van der Waals surface area contributed by atoms with Gasteiger partial charge in [-0.05, 0) is 38.4 Å². The molecule has 1 aliphatic heterocycles. The van der Waals surface area contributed by atoms with E-state index >= 15 is 0 Å². The number of amides is 1. The molecule has 0 radical (unpaired) electrons. The molecule has 1 heterocycles. The highest BCUT2D eigenvalue weighted by atomic mass is 16.2. The summed E-state index contributed by atoms with van der Waals surface area (Å²) < 4.78 is 0. The smallest absolute Gasteiger partial charge is 0.254 e. The van der Waals surface area contributed by atoms with Gasteiger partial charge in [-0.3, -0.25) is 9.69 Å². The molecule has 1 aliphatic rings. The van der Waals surface area contributed by atoms with Crippen LogP contribution in [0.2, 0.25) is 0 Å². The van der Waals surface area contributed by atoms with Crippen LogP contribution < -0.4 is 5.73 Å². The average Bonchev–Trinajstić information content (AvgIpc) is 2.47. The summed E-state index contributed by atoms with van der Waals surface area (Å²) in [6.07, 6.45) is 0.758. The summed E-state index contributed by atoms with van der Waals surface area (Å²) in [5.74, 6) is 0.150. The van der Waals surface area contributed by atoms with E-state index in [4.69, 9.17) is 5.73 Å². The third-order valence-corrected chi connectivity index (χ3v) is 3.99. The summed E-state index contributed by atoms with van der Waals surface area (Å²) in [6.45, 7) is 8.53. The van der Waals surface area contributed by atoms with Crippen LogP contribution in [-0.4, -0.2) is 54.5 Å². The van der Waals surface area contributed by atoms with E-state index in [-0.39, 0.29) is 5.91 Å². The lowest BCUT2D eigenvalue weighted by Gasteiger charge is -2.37. The Morgan fingerprint density at radius 2 is 1.85 bits per heavy atom. The molecule has 0 atom stereocenters. The van der Waals surface area contributed by atoms with E-state index in [1.807, 2.05) is 29.2 Å². The number of piperazine rings is 1. The molecular formula is C16H25N3O. The number of nitrogens with two attached hydrogens (primary N) is 1. The molecule has 0 bridgehead atoms. The second-order valence-corrected chi connectivity index (χ2v) is 5.62. The van der Waals surface area contributed by atoms with Crippen molar-refractivity contribution in [3.63, 3.8) is 0 Å². The van der Waals surface area contributed by atoms with E-state index in [0.717, 1.165) is 43.7 Å². The predicted molar refractivity (Wildman–Crippen MR) is 81.8 cm³/mol. The van der Waals surface area contributed by atoms with Gasteiger partial charge in [-0.1, -0.05) is 18.2 Å². The molecule has 1 fully saturated rings. The molecule has 0 aromatic heterocycles. The number of benzene rings is 1. The zero-order valence-corrected chi connectivity index (χ0v) is 12.5. The van der Waals surface area contributed by atoms with E-state index in [2.05, 4.69) is 18.7 Å². The van der Waals surface area contributed by atoms with Gasteiger partial charge in [0.05, 0.1) is 0 Å². The highest BCUT2D eigenvalue weighted by Crippen LogP contribution is 2.15. The van der Waals surface area contributed by atoms with Crippen molar-refractivity contribution >= 4 is 5.91 Å². The summed E-state index contributed by atoms with van der Waals surface area (Å²) in [6, 6.07) is 8.37. The zero-order valence-electron chi connectivity index (χ0n) is 12.5. The van der Waals surface area contributed by atoms with Gasteiger partial charge in [-0.25, -0.2) is 0 Å². The highest BCUT2D eigenvalue weighted by Gasteiger charge is 2.24. The minimum Gasteiger partial charge on any atom is -0.336 e. The summed E-state index contributed by atoms with van der Waals surface area (Å²) >= 11 is 0. The first-order valence-corrected chi connectivity index (χ1v) is 7.44. The van der Waals surface area contributed by atoms with E-state index < -0.39 is 0 Å². The molecule has 4 heteroatoms. The second-order valence-electron chi connectivity index (χ2n) is 5.62. The molecule has 0 aliphatic carbocycles. The Kier molecular flexibility index (Phi) is 5.15. The molecule has 2 N–H and O–H groups in total. The number of hydrogen-bond acceptors (Lipinski definition) is 3. The van der Waals surface area contributed by atoms with Crippen LogP contribution in [0.3, 0.4) is 0 Å². The summed E-state index contributed by atoms with van der Waals surface area (Å²) in [7, 11) is 0. The lowest BCUT2D eigenvalue weighted by atomic mass is 10.0. The van der Waals surface area contributed by atoms with Crippen molar-refractivity contribution in [2.24, 2.45) is 5.73 Å². The number of carbonyl (C=O) groups excluding carboxylic acids is 1. The van der Waals surface area contributed by atoms with Gasteiger partial charge >= 0.3 is 0 Å². The molecular weight excluding hydrogens is 250 g/mol. The van der Waals surface area contributed by atoms with E-state index in [9.17, 15) is 4.79 Å². The van der Waals surface area contributed by atoms with E-state index in [1.165, 1.54) is 0 Å². The maximum Gasteiger partial charge on any atom is 0.254 e.